The lowest BCUT2D eigenvalue weighted by molar-refractivity contribution is -0.136. The SMILES string of the molecule is N#Cc1cccc(C(F)(F)F)c1[B-](F)(F)F. The van der Waals surface area contributed by atoms with Gasteiger partial charge in [0, 0.05) is 11.1 Å². The molecule has 0 amide bonds. The van der Waals surface area contributed by atoms with E-state index in [2.05, 4.69) is 0 Å². The van der Waals surface area contributed by atoms with Gasteiger partial charge in [0.1, 0.15) is 0 Å². The van der Waals surface area contributed by atoms with Crippen LogP contribution in [0.2, 0.25) is 0 Å². The van der Waals surface area contributed by atoms with Gasteiger partial charge in [-0.25, -0.2) is 0 Å². The van der Waals surface area contributed by atoms with Gasteiger partial charge in [-0.3, -0.25) is 0 Å². The van der Waals surface area contributed by atoms with E-state index in [1.54, 1.807) is 0 Å². The van der Waals surface area contributed by atoms with Gasteiger partial charge in [0.25, 0.3) is 0 Å². The van der Waals surface area contributed by atoms with E-state index < -0.39 is 29.7 Å². The number of alkyl halides is 3. The minimum atomic E-state index is -5.88. The second-order valence-electron chi connectivity index (χ2n) is 2.95. The van der Waals surface area contributed by atoms with Gasteiger partial charge < -0.3 is 12.9 Å². The molecule has 0 atom stereocenters. The van der Waals surface area contributed by atoms with E-state index >= 15 is 0 Å². The third-order valence-corrected chi connectivity index (χ3v) is 1.86. The molecule has 1 aromatic carbocycles. The van der Waals surface area contributed by atoms with Crippen LogP contribution in [0.25, 0.3) is 0 Å². The highest BCUT2D eigenvalue weighted by atomic mass is 19.4. The van der Waals surface area contributed by atoms with Gasteiger partial charge in [-0.05, 0) is 6.07 Å². The van der Waals surface area contributed by atoms with Crippen LogP contribution in [0.4, 0.5) is 26.1 Å². The maximum Gasteiger partial charge on any atom is 0.511 e. The molecular formula is C8H3BF6N-. The van der Waals surface area contributed by atoms with Gasteiger partial charge >= 0.3 is 13.2 Å². The van der Waals surface area contributed by atoms with Crippen molar-refractivity contribution in [3.63, 3.8) is 0 Å². The van der Waals surface area contributed by atoms with E-state index in [9.17, 15) is 26.1 Å². The predicted octanol–water partition coefficient (Wildman–Crippen LogP) is 2.63. The first-order valence-electron chi connectivity index (χ1n) is 3.98. The van der Waals surface area contributed by atoms with Crippen molar-refractivity contribution in [1.82, 2.24) is 0 Å². The summed E-state index contributed by atoms with van der Waals surface area (Å²) in [4.78, 5) is 0. The molecule has 1 nitrogen and oxygen atoms in total. The summed E-state index contributed by atoms with van der Waals surface area (Å²) >= 11 is 0. The highest BCUT2D eigenvalue weighted by Gasteiger charge is 2.40. The first-order chi connectivity index (χ1) is 7.18. The largest absolute Gasteiger partial charge is 0.511 e. The molecule has 8 heteroatoms. The lowest BCUT2D eigenvalue weighted by Crippen LogP contribution is -2.41. The Morgan fingerprint density at radius 1 is 1.12 bits per heavy atom. The zero-order valence-corrected chi connectivity index (χ0v) is 7.52. The molecule has 1 aromatic rings. The number of benzene rings is 1. The molecule has 0 radical (unpaired) electrons. The van der Waals surface area contributed by atoms with Gasteiger partial charge in [0.2, 0.25) is 0 Å². The molecule has 0 N–H and O–H groups in total. The van der Waals surface area contributed by atoms with Crippen LogP contribution >= 0.6 is 0 Å². The summed E-state index contributed by atoms with van der Waals surface area (Å²) in [5.41, 5.74) is -4.71. The Kier molecular flexibility index (Phi) is 2.90. The molecule has 0 heterocycles. The Hall–Kier alpha value is -1.65. The number of halogens is 6. The average molecular weight is 238 g/mol. The van der Waals surface area contributed by atoms with Crippen LogP contribution in [0.3, 0.4) is 0 Å². The van der Waals surface area contributed by atoms with Gasteiger partial charge in [-0.2, -0.15) is 18.4 Å². The summed E-state index contributed by atoms with van der Waals surface area (Å²) in [6.07, 6.45) is -5.13. The molecular weight excluding hydrogens is 235 g/mol. The Bertz CT molecular complexity index is 441. The maximum absolute atomic E-state index is 12.4. The lowest BCUT2D eigenvalue weighted by Gasteiger charge is -2.22. The smallest absolute Gasteiger partial charge is 0.445 e. The van der Waals surface area contributed by atoms with Crippen molar-refractivity contribution >= 4 is 12.4 Å². The molecule has 0 aliphatic carbocycles. The van der Waals surface area contributed by atoms with Gasteiger partial charge in [0.15, 0.2) is 0 Å². The van der Waals surface area contributed by atoms with Crippen LogP contribution in [0, 0.1) is 11.3 Å². The normalized spacial score (nSPS) is 12.3. The third kappa shape index (κ3) is 2.29. The van der Waals surface area contributed by atoms with E-state index in [4.69, 9.17) is 5.26 Å². The van der Waals surface area contributed by atoms with Crippen molar-refractivity contribution in [2.24, 2.45) is 0 Å². The number of rotatable bonds is 1. The van der Waals surface area contributed by atoms with Gasteiger partial charge in [-0.1, -0.05) is 17.6 Å². The summed E-state index contributed by atoms with van der Waals surface area (Å²) in [7, 11) is 0. The highest BCUT2D eigenvalue weighted by molar-refractivity contribution is 6.74. The van der Waals surface area contributed by atoms with Gasteiger partial charge in [0.05, 0.1) is 6.07 Å². The summed E-state index contributed by atoms with van der Waals surface area (Å²) in [5.74, 6) is 0. The first kappa shape index (κ1) is 12.4. The molecule has 0 aliphatic rings. The molecule has 16 heavy (non-hydrogen) atoms. The van der Waals surface area contributed by atoms with E-state index in [1.165, 1.54) is 0 Å². The van der Waals surface area contributed by atoms with Crippen molar-refractivity contribution in [2.75, 3.05) is 0 Å². The standard InChI is InChI=1S/C8H3BF6N/c10-8(11,12)6-3-1-2-5(4-16)7(6)9(13,14)15/h1-3H/q-1. The van der Waals surface area contributed by atoms with Gasteiger partial charge in [-0.15, -0.1) is 0 Å². The summed E-state index contributed by atoms with van der Waals surface area (Å²) in [6.45, 7) is -5.88. The van der Waals surface area contributed by atoms with Crippen molar-refractivity contribution in [2.45, 2.75) is 6.18 Å². The average Bonchev–Trinajstić information content (AvgIpc) is 2.13. The van der Waals surface area contributed by atoms with Crippen molar-refractivity contribution in [3.05, 3.63) is 29.3 Å². The zero-order chi connectivity index (χ0) is 12.6. The van der Waals surface area contributed by atoms with E-state index in [0.29, 0.717) is 12.1 Å². The summed E-state index contributed by atoms with van der Waals surface area (Å²) < 4.78 is 74.2. The number of hydrogen-bond acceptors (Lipinski definition) is 1. The fraction of sp³-hybridized carbons (Fsp3) is 0.125. The van der Waals surface area contributed by atoms with Crippen LogP contribution in [-0.4, -0.2) is 6.98 Å². The van der Waals surface area contributed by atoms with Crippen molar-refractivity contribution in [1.29, 1.82) is 5.26 Å². The van der Waals surface area contributed by atoms with E-state index in [1.807, 2.05) is 0 Å². The Labute approximate surface area is 86.4 Å². The quantitative estimate of drug-likeness (QED) is 0.544. The van der Waals surface area contributed by atoms with Crippen molar-refractivity contribution < 1.29 is 26.1 Å². The van der Waals surface area contributed by atoms with Crippen LogP contribution < -0.4 is 5.46 Å². The fourth-order valence-electron chi connectivity index (χ4n) is 1.26. The molecule has 0 aliphatic heterocycles. The second-order valence-corrected chi connectivity index (χ2v) is 2.95. The second kappa shape index (κ2) is 3.74. The Balaban J connectivity index is 3.59. The lowest BCUT2D eigenvalue weighted by atomic mass is 9.73. The highest BCUT2D eigenvalue weighted by Crippen LogP contribution is 2.30. The zero-order valence-electron chi connectivity index (χ0n) is 7.52. The minimum absolute atomic E-state index is 0.311. The molecule has 0 saturated heterocycles. The molecule has 86 valence electrons. The Morgan fingerprint density at radius 3 is 2.06 bits per heavy atom. The summed E-state index contributed by atoms with van der Waals surface area (Å²) in [5, 5.41) is 8.36. The Morgan fingerprint density at radius 2 is 1.69 bits per heavy atom. The molecule has 0 spiro atoms. The third-order valence-electron chi connectivity index (χ3n) is 1.86. The van der Waals surface area contributed by atoms with E-state index in [-0.39, 0.29) is 0 Å². The topological polar surface area (TPSA) is 23.8 Å². The number of hydrogen-bond donors (Lipinski definition) is 0. The van der Waals surface area contributed by atoms with E-state index in [0.717, 1.165) is 12.1 Å². The fourth-order valence-corrected chi connectivity index (χ4v) is 1.26. The summed E-state index contributed by atoms with van der Waals surface area (Å²) in [6, 6.07) is 2.90. The number of nitriles is 1. The monoisotopic (exact) mass is 238 g/mol. The maximum atomic E-state index is 12.4. The molecule has 0 bridgehead atoms. The van der Waals surface area contributed by atoms with Crippen LogP contribution in [0.15, 0.2) is 18.2 Å². The molecule has 0 saturated carbocycles. The molecule has 0 aromatic heterocycles. The predicted molar refractivity (Wildman–Crippen MR) is 44.9 cm³/mol. The van der Waals surface area contributed by atoms with Crippen molar-refractivity contribution in [3.8, 4) is 6.07 Å². The van der Waals surface area contributed by atoms with Crippen LogP contribution in [0.1, 0.15) is 11.1 Å². The molecule has 0 unspecified atom stereocenters. The van der Waals surface area contributed by atoms with Crippen LogP contribution in [0.5, 0.6) is 0 Å². The minimum Gasteiger partial charge on any atom is -0.445 e. The van der Waals surface area contributed by atoms with Crippen LogP contribution in [-0.2, 0) is 6.18 Å². The number of nitrogens with zero attached hydrogens (tertiary/aromatic N) is 1. The first-order valence-corrected chi connectivity index (χ1v) is 3.98. The molecule has 1 rings (SSSR count). The molecule has 0 fully saturated rings.